The molecule has 0 spiro atoms. The summed E-state index contributed by atoms with van der Waals surface area (Å²) in [4.78, 5) is 18.0. The van der Waals surface area contributed by atoms with Gasteiger partial charge in [-0.1, -0.05) is 11.6 Å². The Kier molecular flexibility index (Phi) is 4.47. The molecule has 0 saturated carbocycles. The van der Waals surface area contributed by atoms with Gasteiger partial charge in [0.25, 0.3) is 5.91 Å². The number of aromatic nitrogens is 3. The van der Waals surface area contributed by atoms with E-state index in [0.717, 1.165) is 38.9 Å². The lowest BCUT2D eigenvalue weighted by Crippen LogP contribution is -2.27. The maximum Gasteiger partial charge on any atom is 0.270 e. The molecule has 2 aromatic heterocycles. The summed E-state index contributed by atoms with van der Waals surface area (Å²) in [7, 11) is 1.76. The molecule has 0 aliphatic rings. The molecular formula is C22H21FN4O. The molecule has 0 bridgehead atoms. The van der Waals surface area contributed by atoms with Crippen LogP contribution >= 0.6 is 0 Å². The highest BCUT2D eigenvalue weighted by atomic mass is 19.1. The normalized spacial score (nSPS) is 11.1. The van der Waals surface area contributed by atoms with Gasteiger partial charge >= 0.3 is 0 Å². The smallest absolute Gasteiger partial charge is 0.270 e. The number of rotatable bonds is 4. The number of fused-ring (bicyclic) bond motifs is 1. The van der Waals surface area contributed by atoms with E-state index < -0.39 is 0 Å². The van der Waals surface area contributed by atoms with E-state index in [1.54, 1.807) is 30.3 Å². The molecule has 0 unspecified atom stereocenters. The van der Waals surface area contributed by atoms with Crippen molar-refractivity contribution in [2.24, 2.45) is 0 Å². The highest BCUT2D eigenvalue weighted by Crippen LogP contribution is 2.26. The van der Waals surface area contributed by atoms with Crippen molar-refractivity contribution in [1.82, 2.24) is 20.1 Å². The van der Waals surface area contributed by atoms with Crippen LogP contribution < -0.4 is 0 Å². The molecule has 0 aliphatic carbocycles. The maximum atomic E-state index is 13.2. The quantitative estimate of drug-likeness (QED) is 0.547. The van der Waals surface area contributed by atoms with Gasteiger partial charge in [0.05, 0.1) is 11.9 Å². The van der Waals surface area contributed by atoms with Crippen molar-refractivity contribution in [1.29, 1.82) is 0 Å². The second-order valence-corrected chi connectivity index (χ2v) is 7.11. The molecule has 6 heteroatoms. The third kappa shape index (κ3) is 3.17. The zero-order valence-electron chi connectivity index (χ0n) is 16.0. The zero-order chi connectivity index (χ0) is 19.8. The van der Waals surface area contributed by atoms with E-state index in [1.807, 2.05) is 26.0 Å². The van der Waals surface area contributed by atoms with Crippen LogP contribution in [0.25, 0.3) is 22.2 Å². The van der Waals surface area contributed by atoms with E-state index in [1.165, 1.54) is 12.1 Å². The standard InChI is InChI=1S/C22H21FN4O/c1-13-4-9-19-18(10-13)14(2)20(25-19)22(28)27(3)12-16-11-24-26-21(16)15-5-7-17(23)8-6-15/h4-11,25H,12H2,1-3H3,(H,24,26). The number of H-pyrrole nitrogens is 2. The fourth-order valence-electron chi connectivity index (χ4n) is 3.47. The van der Waals surface area contributed by atoms with Gasteiger partial charge in [-0.15, -0.1) is 0 Å². The van der Waals surface area contributed by atoms with Crippen LogP contribution in [0.15, 0.2) is 48.7 Å². The van der Waals surface area contributed by atoms with Crippen molar-refractivity contribution < 1.29 is 9.18 Å². The lowest BCUT2D eigenvalue weighted by atomic mass is 10.1. The highest BCUT2D eigenvalue weighted by Gasteiger charge is 2.20. The van der Waals surface area contributed by atoms with E-state index in [9.17, 15) is 9.18 Å². The molecule has 0 atom stereocenters. The number of aromatic amines is 2. The first-order valence-electron chi connectivity index (χ1n) is 9.06. The summed E-state index contributed by atoms with van der Waals surface area (Å²) in [5, 5.41) is 8.11. The molecule has 2 N–H and O–H groups in total. The predicted molar refractivity (Wildman–Crippen MR) is 108 cm³/mol. The number of halogens is 1. The van der Waals surface area contributed by atoms with Gasteiger partial charge in [0, 0.05) is 35.6 Å². The van der Waals surface area contributed by atoms with Gasteiger partial charge < -0.3 is 9.88 Å². The van der Waals surface area contributed by atoms with Crippen molar-refractivity contribution in [2.45, 2.75) is 20.4 Å². The van der Waals surface area contributed by atoms with Gasteiger partial charge in [-0.3, -0.25) is 9.89 Å². The summed E-state index contributed by atoms with van der Waals surface area (Å²) < 4.78 is 13.2. The Balaban J connectivity index is 1.60. The molecule has 0 aliphatic heterocycles. The van der Waals surface area contributed by atoms with Crippen LogP contribution in [-0.2, 0) is 6.54 Å². The molecule has 4 rings (SSSR count). The van der Waals surface area contributed by atoms with E-state index >= 15 is 0 Å². The summed E-state index contributed by atoms with van der Waals surface area (Å²) in [5.74, 6) is -0.376. The highest BCUT2D eigenvalue weighted by molar-refractivity contribution is 6.01. The largest absolute Gasteiger partial charge is 0.350 e. The molecule has 0 radical (unpaired) electrons. The predicted octanol–water partition coefficient (Wildman–Crippen LogP) is 4.59. The Morgan fingerprint density at radius 2 is 1.89 bits per heavy atom. The molecular weight excluding hydrogens is 355 g/mol. The Morgan fingerprint density at radius 1 is 1.14 bits per heavy atom. The average Bonchev–Trinajstić information content (AvgIpc) is 3.26. The topological polar surface area (TPSA) is 64.8 Å². The summed E-state index contributed by atoms with van der Waals surface area (Å²) in [6.07, 6.45) is 1.70. The monoisotopic (exact) mass is 376 g/mol. The molecule has 1 amide bonds. The fraction of sp³-hybridized carbons (Fsp3) is 0.182. The average molecular weight is 376 g/mol. The van der Waals surface area contributed by atoms with Crippen LogP contribution in [-0.4, -0.2) is 33.0 Å². The van der Waals surface area contributed by atoms with Gasteiger partial charge in [-0.05, 0) is 55.8 Å². The Labute approximate surface area is 162 Å². The second-order valence-electron chi connectivity index (χ2n) is 7.11. The molecule has 4 aromatic rings. The molecule has 0 fully saturated rings. The first-order valence-corrected chi connectivity index (χ1v) is 9.06. The van der Waals surface area contributed by atoms with Gasteiger partial charge in [-0.25, -0.2) is 4.39 Å². The van der Waals surface area contributed by atoms with E-state index in [-0.39, 0.29) is 11.7 Å². The fourth-order valence-corrected chi connectivity index (χ4v) is 3.47. The molecule has 2 aromatic carbocycles. The number of nitrogens with zero attached hydrogens (tertiary/aromatic N) is 2. The summed E-state index contributed by atoms with van der Waals surface area (Å²) in [6, 6.07) is 12.3. The number of carbonyl (C=O) groups excluding carboxylic acids is 1. The Bertz CT molecular complexity index is 1160. The van der Waals surface area contributed by atoms with Gasteiger partial charge in [0.15, 0.2) is 0 Å². The summed E-state index contributed by atoms with van der Waals surface area (Å²) >= 11 is 0. The number of amides is 1. The third-order valence-electron chi connectivity index (χ3n) is 5.03. The zero-order valence-corrected chi connectivity index (χ0v) is 16.0. The van der Waals surface area contributed by atoms with Crippen molar-refractivity contribution in [3.05, 3.63) is 76.9 Å². The van der Waals surface area contributed by atoms with Crippen LogP contribution in [0.4, 0.5) is 4.39 Å². The minimum Gasteiger partial charge on any atom is -0.350 e. The molecule has 2 heterocycles. The van der Waals surface area contributed by atoms with Crippen LogP contribution in [0, 0.1) is 19.7 Å². The van der Waals surface area contributed by atoms with Crippen LogP contribution in [0.3, 0.4) is 0 Å². The van der Waals surface area contributed by atoms with Crippen molar-refractivity contribution in [3.8, 4) is 11.3 Å². The Hall–Kier alpha value is -3.41. The number of benzene rings is 2. The lowest BCUT2D eigenvalue weighted by molar-refractivity contribution is 0.0780. The number of carbonyl (C=O) groups is 1. The minimum absolute atomic E-state index is 0.0855. The number of hydrogen-bond donors (Lipinski definition) is 2. The van der Waals surface area contributed by atoms with Crippen LogP contribution in [0.2, 0.25) is 0 Å². The third-order valence-corrected chi connectivity index (χ3v) is 5.03. The van der Waals surface area contributed by atoms with E-state index in [0.29, 0.717) is 12.2 Å². The van der Waals surface area contributed by atoms with E-state index in [2.05, 4.69) is 21.2 Å². The summed E-state index contributed by atoms with van der Waals surface area (Å²) in [6.45, 7) is 4.38. The second kappa shape index (κ2) is 6.96. The molecule has 5 nitrogen and oxygen atoms in total. The molecule has 28 heavy (non-hydrogen) atoms. The van der Waals surface area contributed by atoms with Crippen molar-refractivity contribution in [3.63, 3.8) is 0 Å². The lowest BCUT2D eigenvalue weighted by Gasteiger charge is -2.17. The minimum atomic E-state index is -0.290. The van der Waals surface area contributed by atoms with Crippen molar-refractivity contribution in [2.75, 3.05) is 7.05 Å². The number of hydrogen-bond acceptors (Lipinski definition) is 2. The van der Waals surface area contributed by atoms with Crippen molar-refractivity contribution >= 4 is 16.8 Å². The number of aryl methyl sites for hydroxylation is 2. The Morgan fingerprint density at radius 3 is 2.64 bits per heavy atom. The molecule has 142 valence electrons. The SMILES string of the molecule is Cc1ccc2[nH]c(C(=O)N(C)Cc3cn[nH]c3-c3ccc(F)cc3)c(C)c2c1. The first-order chi connectivity index (χ1) is 13.4. The number of nitrogens with one attached hydrogen (secondary N) is 2. The van der Waals surface area contributed by atoms with Crippen LogP contribution in [0.1, 0.15) is 27.2 Å². The maximum absolute atomic E-state index is 13.2. The van der Waals surface area contributed by atoms with Crippen LogP contribution in [0.5, 0.6) is 0 Å². The van der Waals surface area contributed by atoms with E-state index in [4.69, 9.17) is 0 Å². The first kappa shape index (κ1) is 18.0. The summed E-state index contributed by atoms with van der Waals surface area (Å²) in [5.41, 5.74) is 6.12. The van der Waals surface area contributed by atoms with Gasteiger partial charge in [-0.2, -0.15) is 5.10 Å². The van der Waals surface area contributed by atoms with Gasteiger partial charge in [0.2, 0.25) is 0 Å². The molecule has 0 saturated heterocycles. The van der Waals surface area contributed by atoms with Gasteiger partial charge in [0.1, 0.15) is 11.5 Å².